The van der Waals surface area contributed by atoms with Gasteiger partial charge >= 0.3 is 0 Å². The Bertz CT molecular complexity index is 619. The molecule has 0 fully saturated rings. The van der Waals surface area contributed by atoms with Crippen molar-refractivity contribution in [2.75, 3.05) is 0 Å². The van der Waals surface area contributed by atoms with Crippen LogP contribution in [0.25, 0.3) is 0 Å². The van der Waals surface area contributed by atoms with Crippen LogP contribution in [0.3, 0.4) is 0 Å². The predicted molar refractivity (Wildman–Crippen MR) is 85.9 cm³/mol. The van der Waals surface area contributed by atoms with E-state index >= 15 is 0 Å². The van der Waals surface area contributed by atoms with Crippen LogP contribution in [-0.2, 0) is 0 Å². The molecular formula is C17H18BrNO. The summed E-state index contributed by atoms with van der Waals surface area (Å²) in [6.45, 7) is 6.15. The zero-order valence-corrected chi connectivity index (χ0v) is 13.5. The second kappa shape index (κ2) is 6.23. The van der Waals surface area contributed by atoms with Gasteiger partial charge < -0.3 is 5.32 Å². The first-order chi connectivity index (χ1) is 9.47. The van der Waals surface area contributed by atoms with E-state index in [9.17, 15) is 4.79 Å². The monoisotopic (exact) mass is 331 g/mol. The molecule has 0 aliphatic rings. The number of aryl methyl sites for hydroxylation is 2. The molecule has 0 radical (unpaired) electrons. The van der Waals surface area contributed by atoms with Crippen LogP contribution in [0.4, 0.5) is 0 Å². The SMILES string of the molecule is Cc1ccc([C@@H](C)NC(=O)c2ccc(Br)cc2)c(C)c1. The molecule has 0 aliphatic carbocycles. The van der Waals surface area contributed by atoms with E-state index in [0.717, 1.165) is 10.0 Å². The first-order valence-corrected chi connectivity index (χ1v) is 7.40. The highest BCUT2D eigenvalue weighted by Crippen LogP contribution is 2.19. The first kappa shape index (κ1) is 14.8. The Morgan fingerprint density at radius 2 is 1.75 bits per heavy atom. The topological polar surface area (TPSA) is 29.1 Å². The normalized spacial score (nSPS) is 12.0. The Balaban J connectivity index is 2.12. The maximum absolute atomic E-state index is 12.2. The predicted octanol–water partition coefficient (Wildman–Crippen LogP) is 4.56. The van der Waals surface area contributed by atoms with Crippen molar-refractivity contribution in [3.8, 4) is 0 Å². The third-order valence-electron chi connectivity index (χ3n) is 3.35. The van der Waals surface area contributed by atoms with Gasteiger partial charge in [0.1, 0.15) is 0 Å². The van der Waals surface area contributed by atoms with E-state index in [4.69, 9.17) is 0 Å². The van der Waals surface area contributed by atoms with Crippen molar-refractivity contribution in [2.24, 2.45) is 0 Å². The molecule has 1 N–H and O–H groups in total. The molecule has 0 bridgehead atoms. The number of amides is 1. The summed E-state index contributed by atoms with van der Waals surface area (Å²) in [6.07, 6.45) is 0. The molecule has 2 rings (SSSR count). The number of carbonyl (C=O) groups is 1. The molecule has 20 heavy (non-hydrogen) atoms. The van der Waals surface area contributed by atoms with Crippen molar-refractivity contribution in [1.82, 2.24) is 5.32 Å². The number of rotatable bonds is 3. The van der Waals surface area contributed by atoms with Crippen LogP contribution in [0.5, 0.6) is 0 Å². The van der Waals surface area contributed by atoms with Gasteiger partial charge in [-0.3, -0.25) is 4.79 Å². The quantitative estimate of drug-likeness (QED) is 0.877. The van der Waals surface area contributed by atoms with E-state index < -0.39 is 0 Å². The van der Waals surface area contributed by atoms with Crippen LogP contribution in [0.15, 0.2) is 46.9 Å². The van der Waals surface area contributed by atoms with Gasteiger partial charge in [0.2, 0.25) is 0 Å². The molecular weight excluding hydrogens is 314 g/mol. The molecule has 2 aromatic carbocycles. The summed E-state index contributed by atoms with van der Waals surface area (Å²) in [5, 5.41) is 3.04. The number of carbonyl (C=O) groups excluding carboxylic acids is 1. The molecule has 0 aliphatic heterocycles. The number of benzene rings is 2. The summed E-state index contributed by atoms with van der Waals surface area (Å²) in [5.41, 5.74) is 4.26. The molecule has 2 aromatic rings. The van der Waals surface area contributed by atoms with Crippen LogP contribution in [0.2, 0.25) is 0 Å². The Morgan fingerprint density at radius 1 is 1.10 bits per heavy atom. The summed E-state index contributed by atoms with van der Waals surface area (Å²) < 4.78 is 0.969. The van der Waals surface area contributed by atoms with E-state index in [1.54, 1.807) is 0 Å². The van der Waals surface area contributed by atoms with E-state index in [2.05, 4.69) is 53.3 Å². The maximum Gasteiger partial charge on any atom is 0.251 e. The van der Waals surface area contributed by atoms with Gasteiger partial charge in [-0.05, 0) is 56.2 Å². The number of hydrogen-bond donors (Lipinski definition) is 1. The lowest BCUT2D eigenvalue weighted by molar-refractivity contribution is 0.0940. The molecule has 2 nitrogen and oxygen atoms in total. The largest absolute Gasteiger partial charge is 0.346 e. The fourth-order valence-corrected chi connectivity index (χ4v) is 2.53. The second-order valence-corrected chi connectivity index (χ2v) is 5.98. The Hall–Kier alpha value is -1.61. The molecule has 1 atom stereocenters. The minimum absolute atomic E-state index is 0.00764. The van der Waals surface area contributed by atoms with Crippen LogP contribution < -0.4 is 5.32 Å². The van der Waals surface area contributed by atoms with Gasteiger partial charge in [0.05, 0.1) is 6.04 Å². The van der Waals surface area contributed by atoms with Crippen molar-refractivity contribution in [2.45, 2.75) is 26.8 Å². The zero-order valence-electron chi connectivity index (χ0n) is 11.9. The van der Waals surface area contributed by atoms with E-state index in [0.29, 0.717) is 5.56 Å². The van der Waals surface area contributed by atoms with Crippen molar-refractivity contribution >= 4 is 21.8 Å². The Kier molecular flexibility index (Phi) is 4.61. The van der Waals surface area contributed by atoms with Crippen molar-refractivity contribution in [1.29, 1.82) is 0 Å². The molecule has 3 heteroatoms. The number of nitrogens with one attached hydrogen (secondary N) is 1. The first-order valence-electron chi connectivity index (χ1n) is 6.61. The Labute approximate surface area is 128 Å². The summed E-state index contributed by atoms with van der Waals surface area (Å²) >= 11 is 3.37. The van der Waals surface area contributed by atoms with E-state index in [1.807, 2.05) is 31.2 Å². The summed E-state index contributed by atoms with van der Waals surface area (Å²) in [4.78, 5) is 12.2. The maximum atomic E-state index is 12.2. The average molecular weight is 332 g/mol. The fraction of sp³-hybridized carbons (Fsp3) is 0.235. The molecule has 0 unspecified atom stereocenters. The fourth-order valence-electron chi connectivity index (χ4n) is 2.27. The second-order valence-electron chi connectivity index (χ2n) is 5.06. The summed E-state index contributed by atoms with van der Waals surface area (Å²) in [6, 6.07) is 13.7. The van der Waals surface area contributed by atoms with Crippen LogP contribution in [-0.4, -0.2) is 5.91 Å². The van der Waals surface area contributed by atoms with Gasteiger partial charge in [0.25, 0.3) is 5.91 Å². The standard InChI is InChI=1S/C17H18BrNO/c1-11-4-9-16(12(2)10-11)13(3)19-17(20)14-5-7-15(18)8-6-14/h4-10,13H,1-3H3,(H,19,20)/t13-/m1/s1. The van der Waals surface area contributed by atoms with Crippen LogP contribution in [0, 0.1) is 13.8 Å². The third-order valence-corrected chi connectivity index (χ3v) is 3.87. The molecule has 0 heterocycles. The van der Waals surface area contributed by atoms with Crippen molar-refractivity contribution < 1.29 is 4.79 Å². The molecule has 0 saturated carbocycles. The zero-order chi connectivity index (χ0) is 14.7. The van der Waals surface area contributed by atoms with Gasteiger partial charge in [-0.15, -0.1) is 0 Å². The highest BCUT2D eigenvalue weighted by atomic mass is 79.9. The molecule has 0 spiro atoms. The molecule has 104 valence electrons. The van der Waals surface area contributed by atoms with Gasteiger partial charge in [-0.2, -0.15) is 0 Å². The minimum Gasteiger partial charge on any atom is -0.346 e. The summed E-state index contributed by atoms with van der Waals surface area (Å²) in [5.74, 6) is -0.0509. The van der Waals surface area contributed by atoms with Gasteiger partial charge in [0.15, 0.2) is 0 Å². The van der Waals surface area contributed by atoms with E-state index in [1.165, 1.54) is 11.1 Å². The highest BCUT2D eigenvalue weighted by molar-refractivity contribution is 9.10. The number of hydrogen-bond acceptors (Lipinski definition) is 1. The average Bonchev–Trinajstić information content (AvgIpc) is 2.39. The third kappa shape index (κ3) is 3.48. The lowest BCUT2D eigenvalue weighted by Gasteiger charge is -2.17. The van der Waals surface area contributed by atoms with Crippen molar-refractivity contribution in [3.05, 3.63) is 69.2 Å². The van der Waals surface area contributed by atoms with Crippen LogP contribution in [0.1, 0.15) is 40.0 Å². The summed E-state index contributed by atoms with van der Waals surface area (Å²) in [7, 11) is 0. The molecule has 0 aromatic heterocycles. The highest BCUT2D eigenvalue weighted by Gasteiger charge is 2.13. The van der Waals surface area contributed by atoms with Gasteiger partial charge in [0, 0.05) is 10.0 Å². The lowest BCUT2D eigenvalue weighted by atomic mass is 10.00. The van der Waals surface area contributed by atoms with Crippen LogP contribution >= 0.6 is 15.9 Å². The van der Waals surface area contributed by atoms with Gasteiger partial charge in [-0.1, -0.05) is 39.7 Å². The van der Waals surface area contributed by atoms with Gasteiger partial charge in [-0.25, -0.2) is 0 Å². The van der Waals surface area contributed by atoms with E-state index in [-0.39, 0.29) is 11.9 Å². The van der Waals surface area contributed by atoms with Crippen molar-refractivity contribution in [3.63, 3.8) is 0 Å². The lowest BCUT2D eigenvalue weighted by Crippen LogP contribution is -2.27. The smallest absolute Gasteiger partial charge is 0.251 e. The minimum atomic E-state index is -0.0509. The number of halogens is 1. The molecule has 0 saturated heterocycles. The Morgan fingerprint density at radius 3 is 2.35 bits per heavy atom. The molecule has 1 amide bonds.